The maximum Gasteiger partial charge on any atom is 0.255 e. The van der Waals surface area contributed by atoms with Crippen molar-refractivity contribution >= 4 is 5.91 Å². The third kappa shape index (κ3) is 3.05. The van der Waals surface area contributed by atoms with E-state index in [0.29, 0.717) is 17.9 Å². The van der Waals surface area contributed by atoms with Gasteiger partial charge in [0.2, 0.25) is 0 Å². The third-order valence-electron chi connectivity index (χ3n) is 4.67. The van der Waals surface area contributed by atoms with Gasteiger partial charge in [0.1, 0.15) is 5.82 Å². The number of imidazole rings is 1. The lowest BCUT2D eigenvalue weighted by atomic mass is 10.0. The van der Waals surface area contributed by atoms with Gasteiger partial charge in [0.15, 0.2) is 5.82 Å². The van der Waals surface area contributed by atoms with Crippen LogP contribution in [0.3, 0.4) is 0 Å². The molecule has 0 radical (unpaired) electrons. The molecular formula is C18H20N6O. The fraction of sp³-hybridized carbons (Fsp3) is 0.333. The van der Waals surface area contributed by atoms with E-state index in [4.69, 9.17) is 0 Å². The molecule has 4 heterocycles. The lowest BCUT2D eigenvalue weighted by Gasteiger charge is -2.34. The van der Waals surface area contributed by atoms with Gasteiger partial charge in [-0.3, -0.25) is 4.79 Å². The van der Waals surface area contributed by atoms with Gasteiger partial charge in [-0.1, -0.05) is 0 Å². The minimum absolute atomic E-state index is 0.0296. The molecule has 0 aliphatic carbocycles. The van der Waals surface area contributed by atoms with Gasteiger partial charge >= 0.3 is 0 Å². The van der Waals surface area contributed by atoms with Crippen molar-refractivity contribution in [3.63, 3.8) is 0 Å². The van der Waals surface area contributed by atoms with E-state index in [2.05, 4.69) is 19.6 Å². The van der Waals surface area contributed by atoms with Crippen molar-refractivity contribution in [2.24, 2.45) is 0 Å². The predicted molar refractivity (Wildman–Crippen MR) is 92.5 cm³/mol. The number of carbonyl (C=O) groups excluding carboxylic acids is 1. The fourth-order valence-electron chi connectivity index (χ4n) is 3.37. The highest BCUT2D eigenvalue weighted by molar-refractivity contribution is 5.94. The molecule has 7 heteroatoms. The average Bonchev–Trinajstić information content (AvgIpc) is 3.33. The van der Waals surface area contributed by atoms with Crippen LogP contribution in [0.5, 0.6) is 0 Å². The average molecular weight is 336 g/mol. The molecule has 0 unspecified atom stereocenters. The SMILES string of the molecule is Cc1nccn1[C@@H]1CCCN(C(=O)c2ccc(-n3cccn3)nc2)C1. The third-order valence-corrected chi connectivity index (χ3v) is 4.67. The second-order valence-electron chi connectivity index (χ2n) is 6.28. The van der Waals surface area contributed by atoms with E-state index in [1.54, 1.807) is 17.1 Å². The molecule has 1 fully saturated rings. The summed E-state index contributed by atoms with van der Waals surface area (Å²) in [7, 11) is 0. The Morgan fingerprint density at radius 1 is 1.20 bits per heavy atom. The Kier molecular flexibility index (Phi) is 4.05. The minimum Gasteiger partial charge on any atom is -0.337 e. The van der Waals surface area contributed by atoms with Gasteiger partial charge in [0, 0.05) is 44.1 Å². The van der Waals surface area contributed by atoms with Gasteiger partial charge in [0.25, 0.3) is 5.91 Å². The maximum atomic E-state index is 12.8. The molecule has 0 saturated carbocycles. The van der Waals surface area contributed by atoms with Crippen molar-refractivity contribution in [2.75, 3.05) is 13.1 Å². The van der Waals surface area contributed by atoms with Crippen LogP contribution >= 0.6 is 0 Å². The standard InChI is InChI=1S/C18H20N6O/c1-14-19-8-11-23(14)16-4-2-9-22(13-16)18(25)15-5-6-17(20-12-15)24-10-3-7-21-24/h3,5-8,10-12,16H,2,4,9,13H2,1H3/t16-/m1/s1. The molecule has 3 aromatic rings. The van der Waals surface area contributed by atoms with Crippen molar-refractivity contribution < 1.29 is 4.79 Å². The number of aryl methyl sites for hydroxylation is 1. The molecule has 1 amide bonds. The van der Waals surface area contributed by atoms with Crippen LogP contribution in [-0.4, -0.2) is 48.2 Å². The quantitative estimate of drug-likeness (QED) is 0.736. The Balaban J connectivity index is 1.49. The molecule has 0 spiro atoms. The number of pyridine rings is 1. The largest absolute Gasteiger partial charge is 0.337 e. The van der Waals surface area contributed by atoms with E-state index in [1.807, 2.05) is 48.6 Å². The van der Waals surface area contributed by atoms with Crippen molar-refractivity contribution in [1.82, 2.24) is 29.2 Å². The summed E-state index contributed by atoms with van der Waals surface area (Å²) in [5.41, 5.74) is 0.610. The lowest BCUT2D eigenvalue weighted by molar-refractivity contribution is 0.0678. The molecule has 4 rings (SSSR count). The first-order chi connectivity index (χ1) is 12.2. The van der Waals surface area contributed by atoms with Gasteiger partial charge in [-0.2, -0.15) is 5.10 Å². The topological polar surface area (TPSA) is 68.8 Å². The summed E-state index contributed by atoms with van der Waals surface area (Å²) in [5, 5.41) is 4.15. The zero-order chi connectivity index (χ0) is 17.2. The van der Waals surface area contributed by atoms with Crippen LogP contribution in [-0.2, 0) is 0 Å². The normalized spacial score (nSPS) is 17.6. The van der Waals surface area contributed by atoms with E-state index >= 15 is 0 Å². The van der Waals surface area contributed by atoms with Crippen molar-refractivity contribution in [1.29, 1.82) is 0 Å². The maximum absolute atomic E-state index is 12.8. The van der Waals surface area contributed by atoms with Gasteiger partial charge in [-0.15, -0.1) is 0 Å². The number of aromatic nitrogens is 5. The van der Waals surface area contributed by atoms with Gasteiger partial charge in [0.05, 0.1) is 11.6 Å². The summed E-state index contributed by atoms with van der Waals surface area (Å²) in [6, 6.07) is 5.77. The molecule has 0 aromatic carbocycles. The Labute approximate surface area is 145 Å². The van der Waals surface area contributed by atoms with Crippen LogP contribution in [0.1, 0.15) is 35.1 Å². The van der Waals surface area contributed by atoms with Crippen LogP contribution in [0.2, 0.25) is 0 Å². The van der Waals surface area contributed by atoms with E-state index in [0.717, 1.165) is 25.2 Å². The van der Waals surface area contributed by atoms with E-state index in [-0.39, 0.29) is 11.9 Å². The first kappa shape index (κ1) is 15.6. The van der Waals surface area contributed by atoms with Crippen LogP contribution in [0.15, 0.2) is 49.2 Å². The summed E-state index contributed by atoms with van der Waals surface area (Å²) in [5.74, 6) is 1.72. The summed E-state index contributed by atoms with van der Waals surface area (Å²) < 4.78 is 3.84. The number of rotatable bonds is 3. The Morgan fingerprint density at radius 3 is 2.80 bits per heavy atom. The van der Waals surface area contributed by atoms with E-state index in [9.17, 15) is 4.79 Å². The first-order valence-corrected chi connectivity index (χ1v) is 8.47. The number of nitrogens with zero attached hydrogens (tertiary/aromatic N) is 6. The van der Waals surface area contributed by atoms with E-state index in [1.165, 1.54) is 0 Å². The number of carbonyl (C=O) groups is 1. The predicted octanol–water partition coefficient (Wildman–Crippen LogP) is 2.25. The first-order valence-electron chi connectivity index (χ1n) is 8.47. The second-order valence-corrected chi connectivity index (χ2v) is 6.28. The van der Waals surface area contributed by atoms with Crippen LogP contribution in [0.25, 0.3) is 5.82 Å². The summed E-state index contributed by atoms with van der Waals surface area (Å²) in [4.78, 5) is 23.4. The number of likely N-dealkylation sites (tertiary alicyclic amines) is 1. The smallest absolute Gasteiger partial charge is 0.255 e. The molecule has 7 nitrogen and oxygen atoms in total. The van der Waals surface area contributed by atoms with E-state index < -0.39 is 0 Å². The second kappa shape index (κ2) is 6.51. The van der Waals surface area contributed by atoms with Crippen LogP contribution in [0.4, 0.5) is 0 Å². The molecule has 0 bridgehead atoms. The highest BCUT2D eigenvalue weighted by Crippen LogP contribution is 2.24. The summed E-state index contributed by atoms with van der Waals surface area (Å²) in [6.45, 7) is 3.49. The van der Waals surface area contributed by atoms with Crippen molar-refractivity contribution in [3.05, 3.63) is 60.6 Å². The van der Waals surface area contributed by atoms with Gasteiger partial charge in [-0.05, 0) is 38.0 Å². The molecule has 1 aliphatic heterocycles. The highest BCUT2D eigenvalue weighted by atomic mass is 16.2. The molecule has 3 aromatic heterocycles. The van der Waals surface area contributed by atoms with Crippen LogP contribution < -0.4 is 0 Å². The van der Waals surface area contributed by atoms with Gasteiger partial charge < -0.3 is 9.47 Å². The Hall–Kier alpha value is -2.96. The summed E-state index contributed by atoms with van der Waals surface area (Å²) in [6.07, 6.45) is 11.0. The fourth-order valence-corrected chi connectivity index (χ4v) is 3.37. The summed E-state index contributed by atoms with van der Waals surface area (Å²) >= 11 is 0. The Bertz CT molecular complexity index is 852. The zero-order valence-electron chi connectivity index (χ0n) is 14.1. The number of hydrogen-bond donors (Lipinski definition) is 0. The molecule has 1 saturated heterocycles. The lowest BCUT2D eigenvalue weighted by Crippen LogP contribution is -2.40. The molecular weight excluding hydrogens is 316 g/mol. The number of hydrogen-bond acceptors (Lipinski definition) is 4. The van der Waals surface area contributed by atoms with Crippen molar-refractivity contribution in [2.45, 2.75) is 25.8 Å². The molecule has 1 aliphatic rings. The minimum atomic E-state index is 0.0296. The molecule has 1 atom stereocenters. The molecule has 128 valence electrons. The monoisotopic (exact) mass is 336 g/mol. The Morgan fingerprint density at radius 2 is 2.12 bits per heavy atom. The number of piperidine rings is 1. The molecule has 25 heavy (non-hydrogen) atoms. The number of amides is 1. The molecule has 0 N–H and O–H groups in total. The zero-order valence-corrected chi connectivity index (χ0v) is 14.1. The van der Waals surface area contributed by atoms with Crippen molar-refractivity contribution in [3.8, 4) is 5.82 Å². The highest BCUT2D eigenvalue weighted by Gasteiger charge is 2.26. The van der Waals surface area contributed by atoms with Crippen LogP contribution in [0, 0.1) is 6.92 Å². The van der Waals surface area contributed by atoms with Gasteiger partial charge in [-0.25, -0.2) is 14.6 Å².